The Balaban J connectivity index is 1.86. The molecule has 104 valence electrons. The SMILES string of the molecule is OC1(Cc2cccc(F)c2F)CCc2ccccc2C1. The van der Waals surface area contributed by atoms with Gasteiger partial charge in [0.15, 0.2) is 11.6 Å². The zero-order valence-corrected chi connectivity index (χ0v) is 11.1. The van der Waals surface area contributed by atoms with Gasteiger partial charge < -0.3 is 5.11 Å². The van der Waals surface area contributed by atoms with Gasteiger partial charge in [0.2, 0.25) is 0 Å². The number of rotatable bonds is 2. The van der Waals surface area contributed by atoms with Crippen LogP contribution in [-0.2, 0) is 19.3 Å². The van der Waals surface area contributed by atoms with Gasteiger partial charge >= 0.3 is 0 Å². The Morgan fingerprint density at radius 2 is 1.75 bits per heavy atom. The molecule has 1 atom stereocenters. The van der Waals surface area contributed by atoms with Crippen molar-refractivity contribution in [1.82, 2.24) is 0 Å². The standard InChI is InChI=1S/C17H16F2O/c18-15-7-3-6-14(16(15)19)11-17(20)9-8-12-4-1-2-5-13(12)10-17/h1-7,20H,8-11H2. The Morgan fingerprint density at radius 3 is 2.55 bits per heavy atom. The molecule has 0 aromatic heterocycles. The summed E-state index contributed by atoms with van der Waals surface area (Å²) in [5.74, 6) is -1.71. The first-order chi connectivity index (χ1) is 9.57. The topological polar surface area (TPSA) is 20.2 Å². The van der Waals surface area contributed by atoms with Crippen molar-refractivity contribution in [2.24, 2.45) is 0 Å². The molecule has 1 N–H and O–H groups in total. The molecule has 20 heavy (non-hydrogen) atoms. The van der Waals surface area contributed by atoms with E-state index in [0.29, 0.717) is 12.8 Å². The van der Waals surface area contributed by atoms with E-state index >= 15 is 0 Å². The van der Waals surface area contributed by atoms with Gasteiger partial charge in [-0.2, -0.15) is 0 Å². The van der Waals surface area contributed by atoms with Crippen molar-refractivity contribution < 1.29 is 13.9 Å². The van der Waals surface area contributed by atoms with E-state index in [9.17, 15) is 13.9 Å². The summed E-state index contributed by atoms with van der Waals surface area (Å²) < 4.78 is 27.0. The number of benzene rings is 2. The van der Waals surface area contributed by atoms with Crippen LogP contribution in [0.3, 0.4) is 0 Å². The van der Waals surface area contributed by atoms with E-state index < -0.39 is 17.2 Å². The third kappa shape index (κ3) is 2.46. The van der Waals surface area contributed by atoms with Gasteiger partial charge in [0, 0.05) is 12.8 Å². The Morgan fingerprint density at radius 1 is 1.00 bits per heavy atom. The molecule has 2 aromatic carbocycles. The van der Waals surface area contributed by atoms with Gasteiger partial charge in [-0.15, -0.1) is 0 Å². The highest BCUT2D eigenvalue weighted by molar-refractivity contribution is 5.33. The number of hydrogen-bond donors (Lipinski definition) is 1. The van der Waals surface area contributed by atoms with Crippen molar-refractivity contribution in [2.45, 2.75) is 31.3 Å². The second-order valence-corrected chi connectivity index (χ2v) is 5.56. The van der Waals surface area contributed by atoms with Crippen molar-refractivity contribution in [3.05, 3.63) is 70.8 Å². The van der Waals surface area contributed by atoms with Gasteiger partial charge in [-0.25, -0.2) is 8.78 Å². The molecule has 0 spiro atoms. The molecule has 1 unspecified atom stereocenters. The smallest absolute Gasteiger partial charge is 0.162 e. The van der Waals surface area contributed by atoms with Crippen LogP contribution in [-0.4, -0.2) is 10.7 Å². The van der Waals surface area contributed by atoms with Crippen LogP contribution in [0.4, 0.5) is 8.78 Å². The van der Waals surface area contributed by atoms with E-state index in [1.807, 2.05) is 18.2 Å². The fraction of sp³-hybridized carbons (Fsp3) is 0.294. The van der Waals surface area contributed by atoms with E-state index in [0.717, 1.165) is 18.1 Å². The summed E-state index contributed by atoms with van der Waals surface area (Å²) in [4.78, 5) is 0. The van der Waals surface area contributed by atoms with Gasteiger partial charge in [0.05, 0.1) is 5.60 Å². The van der Waals surface area contributed by atoms with Gasteiger partial charge in [-0.1, -0.05) is 36.4 Å². The van der Waals surface area contributed by atoms with Crippen LogP contribution in [0.1, 0.15) is 23.1 Å². The zero-order chi connectivity index (χ0) is 14.2. The monoisotopic (exact) mass is 274 g/mol. The highest BCUT2D eigenvalue weighted by Crippen LogP contribution is 2.32. The Labute approximate surface area is 116 Å². The van der Waals surface area contributed by atoms with Crippen LogP contribution >= 0.6 is 0 Å². The Hall–Kier alpha value is -1.74. The molecule has 1 aliphatic rings. The molecule has 3 rings (SSSR count). The maximum absolute atomic E-state index is 13.7. The van der Waals surface area contributed by atoms with E-state index in [4.69, 9.17) is 0 Å². The number of aliphatic hydroxyl groups is 1. The van der Waals surface area contributed by atoms with Gasteiger partial charge in [-0.3, -0.25) is 0 Å². The van der Waals surface area contributed by atoms with Gasteiger partial charge in [0.1, 0.15) is 0 Å². The van der Waals surface area contributed by atoms with Crippen molar-refractivity contribution in [2.75, 3.05) is 0 Å². The summed E-state index contributed by atoms with van der Waals surface area (Å²) in [5, 5.41) is 10.7. The lowest BCUT2D eigenvalue weighted by Gasteiger charge is -2.33. The van der Waals surface area contributed by atoms with Crippen LogP contribution < -0.4 is 0 Å². The number of aryl methyl sites for hydroxylation is 1. The summed E-state index contributed by atoms with van der Waals surface area (Å²) >= 11 is 0. The minimum Gasteiger partial charge on any atom is -0.389 e. The average molecular weight is 274 g/mol. The molecule has 0 radical (unpaired) electrons. The summed E-state index contributed by atoms with van der Waals surface area (Å²) in [7, 11) is 0. The van der Waals surface area contributed by atoms with Gasteiger partial charge in [0.25, 0.3) is 0 Å². The minimum absolute atomic E-state index is 0.144. The predicted octanol–water partition coefficient (Wildman–Crippen LogP) is 3.43. The Kier molecular flexibility index (Phi) is 3.30. The summed E-state index contributed by atoms with van der Waals surface area (Å²) in [6, 6.07) is 12.1. The lowest BCUT2D eigenvalue weighted by atomic mass is 9.77. The molecular weight excluding hydrogens is 258 g/mol. The largest absolute Gasteiger partial charge is 0.389 e. The first kappa shape index (κ1) is 13.3. The van der Waals surface area contributed by atoms with Gasteiger partial charge in [-0.05, 0) is 35.6 Å². The lowest BCUT2D eigenvalue weighted by molar-refractivity contribution is 0.0258. The van der Waals surface area contributed by atoms with E-state index in [2.05, 4.69) is 6.07 Å². The molecule has 1 nitrogen and oxygen atoms in total. The lowest BCUT2D eigenvalue weighted by Crippen LogP contribution is -2.38. The molecular formula is C17H16F2O. The predicted molar refractivity (Wildman–Crippen MR) is 73.5 cm³/mol. The molecule has 0 heterocycles. The summed E-state index contributed by atoms with van der Waals surface area (Å²) in [6.07, 6.45) is 1.97. The third-order valence-corrected chi connectivity index (χ3v) is 4.05. The van der Waals surface area contributed by atoms with E-state index in [1.54, 1.807) is 0 Å². The molecule has 0 saturated heterocycles. The zero-order valence-electron chi connectivity index (χ0n) is 11.1. The first-order valence-electron chi connectivity index (χ1n) is 6.79. The van der Waals surface area contributed by atoms with Crippen molar-refractivity contribution >= 4 is 0 Å². The highest BCUT2D eigenvalue weighted by Gasteiger charge is 2.33. The summed E-state index contributed by atoms with van der Waals surface area (Å²) in [5.41, 5.74) is 1.57. The van der Waals surface area contributed by atoms with E-state index in [-0.39, 0.29) is 12.0 Å². The van der Waals surface area contributed by atoms with Crippen LogP contribution in [0, 0.1) is 11.6 Å². The molecule has 3 heteroatoms. The molecule has 1 aliphatic carbocycles. The average Bonchev–Trinajstić information content (AvgIpc) is 2.44. The molecule has 0 bridgehead atoms. The molecule has 0 saturated carbocycles. The fourth-order valence-corrected chi connectivity index (χ4v) is 2.97. The maximum Gasteiger partial charge on any atom is 0.162 e. The molecule has 0 aliphatic heterocycles. The highest BCUT2D eigenvalue weighted by atomic mass is 19.2. The second kappa shape index (κ2) is 4.98. The van der Waals surface area contributed by atoms with Crippen LogP contribution in [0.5, 0.6) is 0 Å². The third-order valence-electron chi connectivity index (χ3n) is 4.05. The number of hydrogen-bond acceptors (Lipinski definition) is 1. The quantitative estimate of drug-likeness (QED) is 0.889. The van der Waals surface area contributed by atoms with Crippen molar-refractivity contribution in [3.63, 3.8) is 0 Å². The Bertz CT molecular complexity index is 639. The van der Waals surface area contributed by atoms with Crippen molar-refractivity contribution in [3.8, 4) is 0 Å². The molecule has 0 amide bonds. The van der Waals surface area contributed by atoms with E-state index in [1.165, 1.54) is 17.7 Å². The first-order valence-corrected chi connectivity index (χ1v) is 6.79. The normalized spacial score (nSPS) is 21.6. The second-order valence-electron chi connectivity index (χ2n) is 5.56. The minimum atomic E-state index is -0.997. The number of fused-ring (bicyclic) bond motifs is 1. The molecule has 0 fully saturated rings. The fourth-order valence-electron chi connectivity index (χ4n) is 2.97. The van der Waals surface area contributed by atoms with Crippen LogP contribution in [0.25, 0.3) is 0 Å². The van der Waals surface area contributed by atoms with Crippen LogP contribution in [0.2, 0.25) is 0 Å². The van der Waals surface area contributed by atoms with Crippen LogP contribution in [0.15, 0.2) is 42.5 Å². The summed E-state index contributed by atoms with van der Waals surface area (Å²) in [6.45, 7) is 0. The number of halogens is 2. The van der Waals surface area contributed by atoms with Crippen molar-refractivity contribution in [1.29, 1.82) is 0 Å². The molecule has 2 aromatic rings. The maximum atomic E-state index is 13.7.